The van der Waals surface area contributed by atoms with Gasteiger partial charge in [0.2, 0.25) is 10.9 Å². The van der Waals surface area contributed by atoms with Gasteiger partial charge in [0.05, 0.1) is 19.0 Å². The number of benzene rings is 1. The molecule has 150 valence electrons. The molecule has 1 aromatic heterocycles. The molecular formula is C17H20ClN5O3S2. The van der Waals surface area contributed by atoms with E-state index in [-0.39, 0.29) is 22.6 Å². The molecule has 3 rings (SSSR count). The Morgan fingerprint density at radius 2 is 2.11 bits per heavy atom. The Hall–Kier alpha value is -1.72. The van der Waals surface area contributed by atoms with E-state index >= 15 is 0 Å². The molecule has 1 aliphatic heterocycles. The predicted octanol–water partition coefficient (Wildman–Crippen LogP) is 1.98. The van der Waals surface area contributed by atoms with Gasteiger partial charge in [0.15, 0.2) is 4.34 Å². The summed E-state index contributed by atoms with van der Waals surface area (Å²) in [4.78, 5) is 26.4. The maximum atomic E-state index is 12.2. The lowest BCUT2D eigenvalue weighted by Crippen LogP contribution is -2.41. The highest BCUT2D eigenvalue weighted by molar-refractivity contribution is 8.01. The highest BCUT2D eigenvalue weighted by atomic mass is 35.5. The van der Waals surface area contributed by atoms with E-state index in [1.165, 1.54) is 11.8 Å². The molecule has 2 N–H and O–H groups in total. The number of carbonyl (C=O) groups excluding carboxylic acids is 2. The molecule has 0 radical (unpaired) electrons. The number of halogens is 1. The number of nitrogens with one attached hydrogen (secondary N) is 2. The molecule has 8 nitrogen and oxygen atoms in total. The monoisotopic (exact) mass is 441 g/mol. The SMILES string of the molecule is O=C(CSc1nnc(C(=O)Nc2cccc(Cl)c2)s1)NCCN1CCOCC1. The molecule has 1 saturated heterocycles. The Bertz CT molecular complexity index is 814. The summed E-state index contributed by atoms with van der Waals surface area (Å²) in [5, 5.41) is 14.2. The minimum atomic E-state index is -0.360. The fraction of sp³-hybridized carbons (Fsp3) is 0.412. The van der Waals surface area contributed by atoms with Crippen LogP contribution in [0.4, 0.5) is 5.69 Å². The number of hydrogen-bond donors (Lipinski definition) is 2. The van der Waals surface area contributed by atoms with E-state index in [1.54, 1.807) is 24.3 Å². The second kappa shape index (κ2) is 10.7. The van der Waals surface area contributed by atoms with Gasteiger partial charge in [-0.25, -0.2) is 0 Å². The highest BCUT2D eigenvalue weighted by Crippen LogP contribution is 2.23. The molecule has 0 saturated carbocycles. The number of nitrogens with zero attached hydrogens (tertiary/aromatic N) is 3. The van der Waals surface area contributed by atoms with Crippen LogP contribution >= 0.6 is 34.7 Å². The van der Waals surface area contributed by atoms with Crippen molar-refractivity contribution in [1.82, 2.24) is 20.4 Å². The third-order valence-electron chi connectivity index (χ3n) is 3.86. The standard InChI is InChI=1S/C17H20ClN5O3S2/c18-12-2-1-3-13(10-12)20-15(25)16-21-22-17(28-16)27-11-14(24)19-4-5-23-6-8-26-9-7-23/h1-3,10H,4-9,11H2,(H,19,24)(H,20,25). The zero-order chi connectivity index (χ0) is 19.8. The predicted molar refractivity (Wildman–Crippen MR) is 110 cm³/mol. The number of thioether (sulfide) groups is 1. The number of anilines is 1. The summed E-state index contributed by atoms with van der Waals surface area (Å²) in [5.41, 5.74) is 0.585. The second-order valence-corrected chi connectivity index (χ2v) is 8.57. The molecule has 0 bridgehead atoms. The fourth-order valence-corrected chi connectivity index (χ4v) is 4.23. The summed E-state index contributed by atoms with van der Waals surface area (Å²) < 4.78 is 5.86. The molecule has 1 aromatic carbocycles. The number of carbonyl (C=O) groups is 2. The zero-order valence-corrected chi connectivity index (χ0v) is 17.4. The first kappa shape index (κ1) is 21.0. The molecule has 2 aromatic rings. The third-order valence-corrected chi connectivity index (χ3v) is 6.15. The van der Waals surface area contributed by atoms with Crippen LogP contribution in [0.5, 0.6) is 0 Å². The van der Waals surface area contributed by atoms with E-state index in [0.717, 1.165) is 44.2 Å². The van der Waals surface area contributed by atoms with Gasteiger partial charge in [0.1, 0.15) is 0 Å². The van der Waals surface area contributed by atoms with E-state index < -0.39 is 0 Å². The lowest BCUT2D eigenvalue weighted by Gasteiger charge is -2.26. The Morgan fingerprint density at radius 3 is 2.89 bits per heavy atom. The Kier molecular flexibility index (Phi) is 8.04. The first-order chi connectivity index (χ1) is 13.6. The van der Waals surface area contributed by atoms with Crippen LogP contribution < -0.4 is 10.6 Å². The van der Waals surface area contributed by atoms with Crippen LogP contribution in [0.2, 0.25) is 5.02 Å². The van der Waals surface area contributed by atoms with Crippen molar-refractivity contribution in [3.05, 3.63) is 34.3 Å². The van der Waals surface area contributed by atoms with Crippen LogP contribution in [0.25, 0.3) is 0 Å². The van der Waals surface area contributed by atoms with E-state index in [1.807, 2.05) is 0 Å². The fourth-order valence-electron chi connectivity index (χ4n) is 2.47. The van der Waals surface area contributed by atoms with Gasteiger partial charge >= 0.3 is 0 Å². The minimum absolute atomic E-state index is 0.0709. The number of amides is 2. The topological polar surface area (TPSA) is 96.5 Å². The van der Waals surface area contributed by atoms with Gasteiger partial charge in [-0.1, -0.05) is 40.8 Å². The molecule has 1 aliphatic rings. The molecule has 2 heterocycles. The molecule has 28 heavy (non-hydrogen) atoms. The van der Waals surface area contributed by atoms with Crippen LogP contribution in [-0.2, 0) is 9.53 Å². The summed E-state index contributed by atoms with van der Waals surface area (Å²) >= 11 is 8.31. The zero-order valence-electron chi connectivity index (χ0n) is 15.0. The molecule has 0 spiro atoms. The summed E-state index contributed by atoms with van der Waals surface area (Å²) in [6, 6.07) is 6.86. The number of rotatable bonds is 8. The van der Waals surface area contributed by atoms with Gasteiger partial charge in [-0.15, -0.1) is 10.2 Å². The highest BCUT2D eigenvalue weighted by Gasteiger charge is 2.15. The summed E-state index contributed by atoms with van der Waals surface area (Å²) in [5.74, 6) is -0.201. The molecule has 1 fully saturated rings. The van der Waals surface area contributed by atoms with E-state index in [4.69, 9.17) is 16.3 Å². The number of morpholine rings is 1. The van der Waals surface area contributed by atoms with Crippen molar-refractivity contribution in [2.75, 3.05) is 50.5 Å². The molecule has 0 unspecified atom stereocenters. The third kappa shape index (κ3) is 6.71. The molecule has 0 aliphatic carbocycles. The smallest absolute Gasteiger partial charge is 0.286 e. The summed E-state index contributed by atoms with van der Waals surface area (Å²) in [6.45, 7) is 4.70. The van der Waals surface area contributed by atoms with Gasteiger partial charge in [-0.2, -0.15) is 0 Å². The van der Waals surface area contributed by atoms with Crippen molar-refractivity contribution in [3.63, 3.8) is 0 Å². The Balaban J connectivity index is 1.39. The second-order valence-electron chi connectivity index (χ2n) is 5.93. The minimum Gasteiger partial charge on any atom is -0.379 e. The average Bonchev–Trinajstić information content (AvgIpc) is 3.16. The van der Waals surface area contributed by atoms with E-state index in [0.29, 0.717) is 21.6 Å². The van der Waals surface area contributed by atoms with Crippen molar-refractivity contribution >= 4 is 52.2 Å². The normalized spacial score (nSPS) is 14.6. The van der Waals surface area contributed by atoms with E-state index in [9.17, 15) is 9.59 Å². The van der Waals surface area contributed by atoms with Crippen LogP contribution in [0.3, 0.4) is 0 Å². The van der Waals surface area contributed by atoms with Crippen molar-refractivity contribution in [2.45, 2.75) is 4.34 Å². The van der Waals surface area contributed by atoms with Gasteiger partial charge in [-0.3, -0.25) is 14.5 Å². The van der Waals surface area contributed by atoms with Crippen molar-refractivity contribution in [2.24, 2.45) is 0 Å². The maximum absolute atomic E-state index is 12.2. The van der Waals surface area contributed by atoms with Crippen molar-refractivity contribution < 1.29 is 14.3 Å². The number of hydrogen-bond acceptors (Lipinski definition) is 8. The van der Waals surface area contributed by atoms with Gasteiger partial charge in [0.25, 0.3) is 5.91 Å². The molecule has 0 atom stereocenters. The number of aromatic nitrogens is 2. The average molecular weight is 442 g/mol. The molecule has 11 heteroatoms. The van der Waals surface area contributed by atoms with Crippen LogP contribution in [0.1, 0.15) is 9.80 Å². The summed E-state index contributed by atoms with van der Waals surface area (Å²) in [6.07, 6.45) is 0. The van der Waals surface area contributed by atoms with E-state index in [2.05, 4.69) is 25.7 Å². The van der Waals surface area contributed by atoms with Gasteiger partial charge < -0.3 is 15.4 Å². The Labute approximate surface area is 176 Å². The quantitative estimate of drug-likeness (QED) is 0.604. The maximum Gasteiger partial charge on any atom is 0.286 e. The largest absolute Gasteiger partial charge is 0.379 e. The van der Waals surface area contributed by atoms with Crippen molar-refractivity contribution in [1.29, 1.82) is 0 Å². The van der Waals surface area contributed by atoms with Crippen molar-refractivity contribution in [3.8, 4) is 0 Å². The lowest BCUT2D eigenvalue weighted by atomic mass is 10.3. The van der Waals surface area contributed by atoms with Crippen LogP contribution in [0, 0.1) is 0 Å². The van der Waals surface area contributed by atoms with Crippen LogP contribution in [-0.4, -0.2) is 72.1 Å². The first-order valence-corrected chi connectivity index (χ1v) is 10.9. The number of ether oxygens (including phenoxy) is 1. The lowest BCUT2D eigenvalue weighted by molar-refractivity contribution is -0.118. The van der Waals surface area contributed by atoms with Gasteiger partial charge in [0, 0.05) is 36.9 Å². The van der Waals surface area contributed by atoms with Gasteiger partial charge in [-0.05, 0) is 18.2 Å². The van der Waals surface area contributed by atoms with Crippen LogP contribution in [0.15, 0.2) is 28.6 Å². The Morgan fingerprint density at radius 1 is 1.29 bits per heavy atom. The molecular weight excluding hydrogens is 422 g/mol. The molecule has 2 amide bonds. The first-order valence-electron chi connectivity index (χ1n) is 8.70. The summed E-state index contributed by atoms with van der Waals surface area (Å²) in [7, 11) is 0.